The standard InChI is InChI=1S/C14H26N4O/c1-9(2)18-13(12(15)11(4)16-18)17-7-10(3)19-14(5,6)8-17/h9-10H,7-8,15H2,1-6H3. The molecule has 5 nitrogen and oxygen atoms in total. The molecular formula is C14H26N4O. The number of hydrogen-bond acceptors (Lipinski definition) is 4. The van der Waals surface area contributed by atoms with Gasteiger partial charge in [-0.1, -0.05) is 0 Å². The molecule has 0 bridgehead atoms. The van der Waals surface area contributed by atoms with Gasteiger partial charge in [0.1, 0.15) is 0 Å². The van der Waals surface area contributed by atoms with E-state index in [4.69, 9.17) is 10.5 Å². The first-order valence-corrected chi connectivity index (χ1v) is 6.98. The first-order valence-electron chi connectivity index (χ1n) is 6.98. The van der Waals surface area contributed by atoms with Crippen LogP contribution < -0.4 is 10.6 Å². The molecule has 2 N–H and O–H groups in total. The second-order valence-corrected chi connectivity index (χ2v) is 6.43. The fraction of sp³-hybridized carbons (Fsp3) is 0.786. The maximum absolute atomic E-state index is 6.24. The van der Waals surface area contributed by atoms with Gasteiger partial charge in [-0.15, -0.1) is 0 Å². The summed E-state index contributed by atoms with van der Waals surface area (Å²) in [4.78, 5) is 2.31. The number of ether oxygens (including phenoxy) is 1. The highest BCUT2D eigenvalue weighted by atomic mass is 16.5. The van der Waals surface area contributed by atoms with Crippen LogP contribution in [-0.4, -0.2) is 34.6 Å². The third-order valence-electron chi connectivity index (χ3n) is 3.46. The molecule has 1 atom stereocenters. The highest BCUT2D eigenvalue weighted by Gasteiger charge is 2.34. The number of morpholine rings is 1. The summed E-state index contributed by atoms with van der Waals surface area (Å²) in [7, 11) is 0. The number of aromatic nitrogens is 2. The number of aryl methyl sites for hydroxylation is 1. The molecule has 2 rings (SSSR count). The minimum atomic E-state index is -0.163. The van der Waals surface area contributed by atoms with E-state index < -0.39 is 0 Å². The van der Waals surface area contributed by atoms with Crippen molar-refractivity contribution in [3.05, 3.63) is 5.69 Å². The van der Waals surface area contributed by atoms with Gasteiger partial charge in [0.25, 0.3) is 0 Å². The molecule has 1 fully saturated rings. The van der Waals surface area contributed by atoms with Crippen LogP contribution in [0.3, 0.4) is 0 Å². The van der Waals surface area contributed by atoms with Gasteiger partial charge in [-0.3, -0.25) is 0 Å². The zero-order valence-corrected chi connectivity index (χ0v) is 12.9. The lowest BCUT2D eigenvalue weighted by Gasteiger charge is -2.43. The quantitative estimate of drug-likeness (QED) is 0.893. The largest absolute Gasteiger partial charge is 0.394 e. The van der Waals surface area contributed by atoms with E-state index in [1.165, 1.54) is 0 Å². The maximum Gasteiger partial charge on any atom is 0.151 e. The van der Waals surface area contributed by atoms with Crippen molar-refractivity contribution < 1.29 is 4.74 Å². The van der Waals surface area contributed by atoms with Gasteiger partial charge in [0.15, 0.2) is 5.82 Å². The first kappa shape index (κ1) is 14.2. The molecule has 19 heavy (non-hydrogen) atoms. The molecule has 1 aromatic heterocycles. The zero-order chi connectivity index (χ0) is 14.4. The van der Waals surface area contributed by atoms with Gasteiger partial charge in [0.05, 0.1) is 23.1 Å². The van der Waals surface area contributed by atoms with Gasteiger partial charge in [-0.2, -0.15) is 5.10 Å². The van der Waals surface area contributed by atoms with Crippen LogP contribution in [0.5, 0.6) is 0 Å². The van der Waals surface area contributed by atoms with Gasteiger partial charge >= 0.3 is 0 Å². The Labute approximate surface area is 115 Å². The fourth-order valence-electron chi connectivity index (χ4n) is 2.84. The zero-order valence-electron chi connectivity index (χ0n) is 12.9. The summed E-state index contributed by atoms with van der Waals surface area (Å²) in [5.74, 6) is 1.04. The molecule has 0 amide bonds. The van der Waals surface area contributed by atoms with E-state index in [9.17, 15) is 0 Å². The summed E-state index contributed by atoms with van der Waals surface area (Å²) < 4.78 is 7.99. The predicted octanol–water partition coefficient (Wildman–Crippen LogP) is 2.36. The Hall–Kier alpha value is -1.23. The molecule has 0 saturated carbocycles. The summed E-state index contributed by atoms with van der Waals surface area (Å²) >= 11 is 0. The molecule has 1 unspecified atom stereocenters. The lowest BCUT2D eigenvalue weighted by Crippen LogP contribution is -2.52. The molecular weight excluding hydrogens is 240 g/mol. The van der Waals surface area contributed by atoms with Gasteiger partial charge in [-0.25, -0.2) is 4.68 Å². The highest BCUT2D eigenvalue weighted by Crippen LogP contribution is 2.33. The average molecular weight is 266 g/mol. The maximum atomic E-state index is 6.24. The molecule has 1 aliphatic heterocycles. The molecule has 1 saturated heterocycles. The minimum Gasteiger partial charge on any atom is -0.394 e. The second kappa shape index (κ2) is 4.71. The molecule has 0 aromatic carbocycles. The van der Waals surface area contributed by atoms with E-state index >= 15 is 0 Å². The SMILES string of the molecule is Cc1nn(C(C)C)c(N2CC(C)OC(C)(C)C2)c1N. The van der Waals surface area contributed by atoms with E-state index in [1.54, 1.807) is 0 Å². The van der Waals surface area contributed by atoms with Gasteiger partial charge < -0.3 is 15.4 Å². The number of nitrogens with two attached hydrogens (primary N) is 1. The Bertz CT molecular complexity index is 464. The molecule has 108 valence electrons. The van der Waals surface area contributed by atoms with Crippen molar-refractivity contribution in [2.75, 3.05) is 23.7 Å². The van der Waals surface area contributed by atoms with Crippen molar-refractivity contribution in [2.24, 2.45) is 0 Å². The number of rotatable bonds is 2. The third kappa shape index (κ3) is 2.71. The van der Waals surface area contributed by atoms with Crippen LogP contribution in [0.4, 0.5) is 11.5 Å². The number of hydrogen-bond donors (Lipinski definition) is 1. The van der Waals surface area contributed by atoms with Crippen LogP contribution in [0.15, 0.2) is 0 Å². The number of nitrogens with zero attached hydrogens (tertiary/aromatic N) is 3. The fourth-order valence-corrected chi connectivity index (χ4v) is 2.84. The van der Waals surface area contributed by atoms with Crippen molar-refractivity contribution in [1.29, 1.82) is 0 Å². The van der Waals surface area contributed by atoms with Gasteiger partial charge in [0.2, 0.25) is 0 Å². The molecule has 2 heterocycles. The summed E-state index contributed by atoms with van der Waals surface area (Å²) in [6.45, 7) is 14.3. The van der Waals surface area contributed by atoms with Crippen molar-refractivity contribution >= 4 is 11.5 Å². The molecule has 0 aliphatic carbocycles. The van der Waals surface area contributed by atoms with Crippen LogP contribution in [0.2, 0.25) is 0 Å². The third-order valence-corrected chi connectivity index (χ3v) is 3.46. The summed E-state index contributed by atoms with van der Waals surface area (Å²) in [6.07, 6.45) is 0.193. The van der Waals surface area contributed by atoms with Crippen LogP contribution in [0.1, 0.15) is 46.4 Å². The van der Waals surface area contributed by atoms with E-state index in [1.807, 2.05) is 11.6 Å². The van der Waals surface area contributed by atoms with E-state index in [0.29, 0.717) is 6.04 Å². The molecule has 5 heteroatoms. The van der Waals surface area contributed by atoms with E-state index in [-0.39, 0.29) is 11.7 Å². The summed E-state index contributed by atoms with van der Waals surface area (Å²) in [6, 6.07) is 0.298. The van der Waals surface area contributed by atoms with Crippen molar-refractivity contribution in [1.82, 2.24) is 9.78 Å². The smallest absolute Gasteiger partial charge is 0.151 e. The van der Waals surface area contributed by atoms with E-state index in [0.717, 1.165) is 30.3 Å². The van der Waals surface area contributed by atoms with E-state index in [2.05, 4.69) is 44.6 Å². The average Bonchev–Trinajstić information content (AvgIpc) is 2.52. The monoisotopic (exact) mass is 266 g/mol. The van der Waals surface area contributed by atoms with Crippen LogP contribution in [0, 0.1) is 6.92 Å². The van der Waals surface area contributed by atoms with Crippen LogP contribution in [-0.2, 0) is 4.74 Å². The Balaban J connectivity index is 2.40. The van der Waals surface area contributed by atoms with Crippen molar-refractivity contribution in [3.8, 4) is 0 Å². The first-order chi connectivity index (χ1) is 8.71. The number of anilines is 2. The Morgan fingerprint density at radius 1 is 1.42 bits per heavy atom. The van der Waals surface area contributed by atoms with Crippen molar-refractivity contribution in [2.45, 2.75) is 59.3 Å². The Morgan fingerprint density at radius 2 is 2.05 bits per heavy atom. The van der Waals surface area contributed by atoms with Crippen LogP contribution >= 0.6 is 0 Å². The second-order valence-electron chi connectivity index (χ2n) is 6.43. The minimum absolute atomic E-state index is 0.163. The van der Waals surface area contributed by atoms with Gasteiger partial charge in [0, 0.05) is 19.1 Å². The summed E-state index contributed by atoms with van der Waals surface area (Å²) in [5.41, 5.74) is 7.77. The molecule has 1 aliphatic rings. The van der Waals surface area contributed by atoms with Crippen LogP contribution in [0.25, 0.3) is 0 Å². The topological polar surface area (TPSA) is 56.3 Å². The predicted molar refractivity (Wildman–Crippen MR) is 78.6 cm³/mol. The van der Waals surface area contributed by atoms with Crippen molar-refractivity contribution in [3.63, 3.8) is 0 Å². The normalized spacial score (nSPS) is 23.1. The Kier molecular flexibility index (Phi) is 3.51. The highest BCUT2D eigenvalue weighted by molar-refractivity contribution is 5.66. The lowest BCUT2D eigenvalue weighted by molar-refractivity contribution is -0.0753. The summed E-state index contributed by atoms with van der Waals surface area (Å²) in [5, 5.41) is 4.57. The van der Waals surface area contributed by atoms with Gasteiger partial charge in [-0.05, 0) is 41.5 Å². The number of nitrogen functional groups attached to an aromatic ring is 1. The molecule has 0 spiro atoms. The Morgan fingerprint density at radius 3 is 2.58 bits per heavy atom. The lowest BCUT2D eigenvalue weighted by atomic mass is 10.1. The molecule has 1 aromatic rings. The molecule has 0 radical (unpaired) electrons.